The van der Waals surface area contributed by atoms with E-state index < -0.39 is 0 Å². The number of carbonyl (C=O) groups excluding carboxylic acids is 2. The summed E-state index contributed by atoms with van der Waals surface area (Å²) < 4.78 is 12.1. The summed E-state index contributed by atoms with van der Waals surface area (Å²) in [5.74, 6) is 0.721. The standard InChI is InChI=1S/C22H24N4O4/c1-15(16-4-7-18(8-5-16)26-14-23-13-24-26)25-22(28)11-9-19(27)17-6-10-20(29-2)21(12-17)30-3/h4-8,10,12-15H,9,11H2,1-3H3,(H,25,28)/t15-/m0/s1. The molecule has 1 amide bonds. The minimum Gasteiger partial charge on any atom is -0.493 e. The number of benzene rings is 2. The van der Waals surface area contributed by atoms with Crippen LogP contribution in [0.1, 0.15) is 41.7 Å². The molecular formula is C22H24N4O4. The Morgan fingerprint density at radius 2 is 1.77 bits per heavy atom. The van der Waals surface area contributed by atoms with Crippen molar-refractivity contribution < 1.29 is 19.1 Å². The van der Waals surface area contributed by atoms with E-state index in [0.717, 1.165) is 11.3 Å². The molecule has 156 valence electrons. The Bertz CT molecular complexity index is 1000. The Kier molecular flexibility index (Phi) is 6.79. The SMILES string of the molecule is COc1ccc(C(=O)CCC(=O)N[C@@H](C)c2ccc(-n3cncn3)cc2)cc1OC. The van der Waals surface area contributed by atoms with Crippen molar-refractivity contribution in [3.05, 3.63) is 66.2 Å². The lowest BCUT2D eigenvalue weighted by Gasteiger charge is -2.15. The van der Waals surface area contributed by atoms with Gasteiger partial charge in [-0.1, -0.05) is 12.1 Å². The van der Waals surface area contributed by atoms with E-state index in [-0.39, 0.29) is 30.6 Å². The van der Waals surface area contributed by atoms with Crippen molar-refractivity contribution in [1.82, 2.24) is 20.1 Å². The maximum absolute atomic E-state index is 12.4. The zero-order valence-electron chi connectivity index (χ0n) is 17.2. The maximum Gasteiger partial charge on any atom is 0.220 e. The molecule has 1 atom stereocenters. The summed E-state index contributed by atoms with van der Waals surface area (Å²) in [4.78, 5) is 28.7. The van der Waals surface area contributed by atoms with Crippen LogP contribution < -0.4 is 14.8 Å². The second-order valence-electron chi connectivity index (χ2n) is 6.71. The number of ether oxygens (including phenoxy) is 2. The van der Waals surface area contributed by atoms with Gasteiger partial charge in [-0.25, -0.2) is 9.67 Å². The largest absolute Gasteiger partial charge is 0.493 e. The van der Waals surface area contributed by atoms with Gasteiger partial charge in [0.2, 0.25) is 5.91 Å². The van der Waals surface area contributed by atoms with Crippen molar-refractivity contribution in [1.29, 1.82) is 0 Å². The van der Waals surface area contributed by atoms with Crippen LogP contribution in [0.5, 0.6) is 11.5 Å². The molecule has 0 saturated heterocycles. The predicted octanol–water partition coefficient (Wildman–Crippen LogP) is 3.12. The first-order chi connectivity index (χ1) is 14.5. The molecule has 1 heterocycles. The Morgan fingerprint density at radius 1 is 1.03 bits per heavy atom. The third-order valence-corrected chi connectivity index (χ3v) is 4.74. The molecule has 0 aliphatic heterocycles. The Balaban J connectivity index is 1.53. The van der Waals surface area contributed by atoms with Crippen molar-refractivity contribution in [3.63, 3.8) is 0 Å². The van der Waals surface area contributed by atoms with Crippen LogP contribution >= 0.6 is 0 Å². The fourth-order valence-electron chi connectivity index (χ4n) is 3.04. The third-order valence-electron chi connectivity index (χ3n) is 4.74. The molecule has 8 heteroatoms. The first kappa shape index (κ1) is 21.0. The van der Waals surface area contributed by atoms with E-state index in [9.17, 15) is 9.59 Å². The molecule has 8 nitrogen and oxygen atoms in total. The minimum absolute atomic E-state index is 0.106. The molecule has 0 saturated carbocycles. The highest BCUT2D eigenvalue weighted by atomic mass is 16.5. The number of rotatable bonds is 9. The minimum atomic E-state index is -0.184. The molecular weight excluding hydrogens is 384 g/mol. The highest BCUT2D eigenvalue weighted by molar-refractivity contribution is 5.98. The van der Waals surface area contributed by atoms with Gasteiger partial charge in [-0.05, 0) is 42.8 Å². The van der Waals surface area contributed by atoms with E-state index in [4.69, 9.17) is 9.47 Å². The van der Waals surface area contributed by atoms with Gasteiger partial charge in [0, 0.05) is 18.4 Å². The van der Waals surface area contributed by atoms with Gasteiger partial charge in [0.1, 0.15) is 12.7 Å². The van der Waals surface area contributed by atoms with Crippen LogP contribution in [0.25, 0.3) is 5.69 Å². The second-order valence-corrected chi connectivity index (χ2v) is 6.71. The number of Topliss-reactive ketones (excluding diaryl/α,β-unsaturated/α-hetero) is 1. The molecule has 0 aliphatic rings. The molecule has 0 unspecified atom stereocenters. The molecule has 2 aromatic carbocycles. The molecule has 0 fully saturated rings. The molecule has 1 N–H and O–H groups in total. The van der Waals surface area contributed by atoms with Crippen molar-refractivity contribution in [2.75, 3.05) is 14.2 Å². The van der Waals surface area contributed by atoms with Crippen molar-refractivity contribution in [2.45, 2.75) is 25.8 Å². The first-order valence-electron chi connectivity index (χ1n) is 9.51. The Labute approximate surface area is 174 Å². The number of aromatic nitrogens is 3. The highest BCUT2D eigenvalue weighted by Crippen LogP contribution is 2.28. The second kappa shape index (κ2) is 9.69. The van der Waals surface area contributed by atoms with Crippen LogP contribution in [0, 0.1) is 0 Å². The fraction of sp³-hybridized carbons (Fsp3) is 0.273. The highest BCUT2D eigenvalue weighted by Gasteiger charge is 2.14. The average Bonchev–Trinajstić information content (AvgIpc) is 3.32. The van der Waals surface area contributed by atoms with Gasteiger partial charge in [0.25, 0.3) is 0 Å². The summed E-state index contributed by atoms with van der Waals surface area (Å²) in [6.07, 6.45) is 3.31. The van der Waals surface area contributed by atoms with Crippen molar-refractivity contribution in [3.8, 4) is 17.2 Å². The zero-order chi connectivity index (χ0) is 21.5. The van der Waals surface area contributed by atoms with E-state index >= 15 is 0 Å². The molecule has 3 rings (SSSR count). The van der Waals surface area contributed by atoms with E-state index in [2.05, 4.69) is 15.4 Å². The molecule has 30 heavy (non-hydrogen) atoms. The lowest BCUT2D eigenvalue weighted by molar-refractivity contribution is -0.121. The van der Waals surface area contributed by atoms with Crippen LogP contribution in [-0.4, -0.2) is 40.7 Å². The van der Waals surface area contributed by atoms with Crippen molar-refractivity contribution >= 4 is 11.7 Å². The first-order valence-corrected chi connectivity index (χ1v) is 9.51. The van der Waals surface area contributed by atoms with Gasteiger partial charge >= 0.3 is 0 Å². The summed E-state index contributed by atoms with van der Waals surface area (Å²) in [7, 11) is 3.05. The number of ketones is 1. The number of hydrogen-bond donors (Lipinski definition) is 1. The smallest absolute Gasteiger partial charge is 0.220 e. The normalized spacial score (nSPS) is 11.6. The molecule has 0 bridgehead atoms. The number of hydrogen-bond acceptors (Lipinski definition) is 6. The van der Waals surface area contributed by atoms with Crippen LogP contribution in [0.15, 0.2) is 55.1 Å². The van der Waals surface area contributed by atoms with Gasteiger partial charge in [-0.3, -0.25) is 9.59 Å². The summed E-state index contributed by atoms with van der Waals surface area (Å²) in [5, 5.41) is 7.01. The number of amides is 1. The number of carbonyl (C=O) groups is 2. The summed E-state index contributed by atoms with van der Waals surface area (Å²) in [6, 6.07) is 12.5. The summed E-state index contributed by atoms with van der Waals surface area (Å²) >= 11 is 0. The van der Waals surface area contributed by atoms with Gasteiger partial charge < -0.3 is 14.8 Å². The van der Waals surface area contributed by atoms with E-state index in [0.29, 0.717) is 17.1 Å². The fourth-order valence-corrected chi connectivity index (χ4v) is 3.04. The molecule has 1 aromatic heterocycles. The molecule has 0 spiro atoms. The van der Waals surface area contributed by atoms with Gasteiger partial charge in [0.05, 0.1) is 25.9 Å². The topological polar surface area (TPSA) is 95.3 Å². The van der Waals surface area contributed by atoms with E-state index in [1.54, 1.807) is 29.2 Å². The summed E-state index contributed by atoms with van der Waals surface area (Å²) in [5.41, 5.74) is 2.32. The Morgan fingerprint density at radius 3 is 2.40 bits per heavy atom. The van der Waals surface area contributed by atoms with Crippen LogP contribution in [0.3, 0.4) is 0 Å². The Hall–Kier alpha value is -3.68. The average molecular weight is 408 g/mol. The van der Waals surface area contributed by atoms with Gasteiger partial charge in [-0.15, -0.1) is 0 Å². The summed E-state index contributed by atoms with van der Waals surface area (Å²) in [6.45, 7) is 1.90. The van der Waals surface area contributed by atoms with Crippen molar-refractivity contribution in [2.24, 2.45) is 0 Å². The monoisotopic (exact) mass is 408 g/mol. The third kappa shape index (κ3) is 5.02. The lowest BCUT2D eigenvalue weighted by Crippen LogP contribution is -2.27. The number of nitrogens with one attached hydrogen (secondary N) is 1. The zero-order valence-corrected chi connectivity index (χ0v) is 17.2. The van der Waals surface area contributed by atoms with Crippen LogP contribution in [-0.2, 0) is 4.79 Å². The number of methoxy groups -OCH3 is 2. The maximum atomic E-state index is 12.4. The number of nitrogens with zero attached hydrogens (tertiary/aromatic N) is 3. The van der Waals surface area contributed by atoms with E-state index in [1.807, 2.05) is 31.2 Å². The molecule has 0 aliphatic carbocycles. The predicted molar refractivity (Wildman–Crippen MR) is 111 cm³/mol. The van der Waals surface area contributed by atoms with Gasteiger partial charge in [-0.2, -0.15) is 5.10 Å². The quantitative estimate of drug-likeness (QED) is 0.547. The van der Waals surface area contributed by atoms with Crippen LogP contribution in [0.4, 0.5) is 0 Å². The molecule has 0 radical (unpaired) electrons. The molecule has 3 aromatic rings. The van der Waals surface area contributed by atoms with Crippen LogP contribution in [0.2, 0.25) is 0 Å². The van der Waals surface area contributed by atoms with Gasteiger partial charge in [0.15, 0.2) is 17.3 Å². The lowest BCUT2D eigenvalue weighted by atomic mass is 10.0. The van der Waals surface area contributed by atoms with E-state index in [1.165, 1.54) is 20.5 Å².